The van der Waals surface area contributed by atoms with Gasteiger partial charge in [0.1, 0.15) is 5.60 Å². The van der Waals surface area contributed by atoms with Gasteiger partial charge in [-0.1, -0.05) is 27.2 Å². The molecule has 0 aromatic carbocycles. The molecule has 0 saturated heterocycles. The number of carbonyl (C=O) groups excluding carboxylic acids is 2. The van der Waals surface area contributed by atoms with E-state index in [1.807, 2.05) is 13.8 Å². The number of aliphatic hydroxyl groups is 4. The van der Waals surface area contributed by atoms with Gasteiger partial charge in [0.25, 0.3) is 0 Å². The lowest BCUT2D eigenvalue weighted by atomic mass is 9.42. The highest BCUT2D eigenvalue weighted by atomic mass is 16.3. The van der Waals surface area contributed by atoms with E-state index in [4.69, 9.17) is 0 Å². The van der Waals surface area contributed by atoms with E-state index in [0.717, 1.165) is 6.08 Å². The summed E-state index contributed by atoms with van der Waals surface area (Å²) in [6.45, 7) is 8.38. The van der Waals surface area contributed by atoms with Crippen LogP contribution in [0, 0.1) is 35.0 Å². The van der Waals surface area contributed by atoms with Crippen molar-refractivity contribution in [2.24, 2.45) is 35.0 Å². The van der Waals surface area contributed by atoms with Crippen LogP contribution in [0.3, 0.4) is 0 Å². The van der Waals surface area contributed by atoms with Crippen molar-refractivity contribution >= 4 is 11.6 Å². The number of hydrogen-bond acceptors (Lipinski definition) is 6. The lowest BCUT2D eigenvalue weighted by molar-refractivity contribution is -0.205. The molecule has 4 N–H and O–H groups in total. The van der Waals surface area contributed by atoms with Gasteiger partial charge in [-0.25, -0.2) is 0 Å². The van der Waals surface area contributed by atoms with E-state index < -0.39 is 34.4 Å². The van der Waals surface area contributed by atoms with Crippen LogP contribution in [-0.2, 0) is 9.59 Å². The number of fused-ring (bicyclic) bond motifs is 1. The van der Waals surface area contributed by atoms with E-state index >= 15 is 0 Å². The summed E-state index contributed by atoms with van der Waals surface area (Å²) in [7, 11) is 0. The first-order valence-electron chi connectivity index (χ1n) is 9.83. The molecule has 0 aliphatic heterocycles. The van der Waals surface area contributed by atoms with Crippen molar-refractivity contribution in [1.29, 1.82) is 0 Å². The number of rotatable bonds is 5. The number of hydrogen-bond donors (Lipinski definition) is 4. The summed E-state index contributed by atoms with van der Waals surface area (Å²) in [6, 6.07) is 0. The van der Waals surface area contributed by atoms with Gasteiger partial charge in [-0.3, -0.25) is 9.59 Å². The molecule has 0 aromatic heterocycles. The molecule has 0 spiro atoms. The predicted octanol–water partition coefficient (Wildman–Crippen LogP) is 2.02. The summed E-state index contributed by atoms with van der Waals surface area (Å²) in [5.41, 5.74) is -4.01. The number of Topliss-reactive ketones (excluding diaryl/α,β-unsaturated/α-hetero) is 1. The zero-order valence-corrected chi connectivity index (χ0v) is 17.0. The first kappa shape index (κ1) is 22.1. The maximum Gasteiger partial charge on any atom is 0.167 e. The number of carbonyl (C=O) groups is 2. The molecule has 154 valence electrons. The van der Waals surface area contributed by atoms with E-state index in [-0.39, 0.29) is 36.4 Å². The van der Waals surface area contributed by atoms with Crippen LogP contribution in [0.5, 0.6) is 0 Å². The minimum absolute atomic E-state index is 0.140. The molecule has 0 aromatic rings. The van der Waals surface area contributed by atoms with Gasteiger partial charge in [-0.15, -0.1) is 0 Å². The molecule has 2 saturated carbocycles. The molecule has 0 radical (unpaired) electrons. The Morgan fingerprint density at radius 1 is 1.26 bits per heavy atom. The molecule has 6 nitrogen and oxygen atoms in total. The van der Waals surface area contributed by atoms with Gasteiger partial charge in [0.05, 0.1) is 11.9 Å². The minimum atomic E-state index is -1.81. The largest absolute Gasteiger partial charge is 0.515 e. The molecule has 2 fully saturated rings. The van der Waals surface area contributed by atoms with E-state index in [1.165, 1.54) is 6.92 Å². The first-order valence-corrected chi connectivity index (χ1v) is 9.83. The fourth-order valence-corrected chi connectivity index (χ4v) is 6.47. The molecule has 2 rings (SSSR count). The number of allylic oxidation sites excluding steroid dienone is 1. The Balaban J connectivity index is 2.74. The molecular weight excluding hydrogens is 348 g/mol. The van der Waals surface area contributed by atoms with Crippen molar-refractivity contribution in [3.05, 3.63) is 12.3 Å². The smallest absolute Gasteiger partial charge is 0.167 e. The average Bonchev–Trinajstić information content (AvgIpc) is 2.55. The van der Waals surface area contributed by atoms with Crippen molar-refractivity contribution < 1.29 is 30.0 Å². The van der Waals surface area contributed by atoms with E-state index in [0.29, 0.717) is 19.1 Å². The van der Waals surface area contributed by atoms with Gasteiger partial charge in [-0.05, 0) is 44.4 Å². The molecule has 0 bridgehead atoms. The Bertz CT molecular complexity index is 618. The monoisotopic (exact) mass is 382 g/mol. The van der Waals surface area contributed by atoms with Crippen LogP contribution >= 0.6 is 0 Å². The number of aliphatic hydroxyl groups excluding tert-OH is 2. The SMILES string of the molecule is CCC(CO)[C@@H]1[C@](C)(C(=O)/C=C\O)[C@H]2[C@H](C)C[C@@](C)(O)C[C@@H]2C(=O)[C@@]1(C)O. The standard InChI is InChI=1S/C21H34O6/c1-6-13(11-23)17-20(4,15(24)7-8-22)16-12(2)9-19(3,26)10-14(16)18(25)21(17,5)27/h7-8,12-14,16-17,22-23,26-27H,6,9-11H2,1-5H3/b8-7-/t12-,13?,14+,16+,17-,19-,20-,21+/m1/s1. The van der Waals surface area contributed by atoms with Gasteiger partial charge in [0.2, 0.25) is 0 Å². The highest BCUT2D eigenvalue weighted by molar-refractivity contribution is 6.00. The van der Waals surface area contributed by atoms with Crippen molar-refractivity contribution in [3.63, 3.8) is 0 Å². The Hall–Kier alpha value is -1.24. The Labute approximate surface area is 161 Å². The highest BCUT2D eigenvalue weighted by Gasteiger charge is 2.67. The van der Waals surface area contributed by atoms with Gasteiger partial charge in [-0.2, -0.15) is 0 Å². The molecule has 2 aliphatic rings. The van der Waals surface area contributed by atoms with Crippen molar-refractivity contribution in [2.75, 3.05) is 6.61 Å². The van der Waals surface area contributed by atoms with Crippen LogP contribution in [0.2, 0.25) is 0 Å². The fraction of sp³-hybridized carbons (Fsp3) is 0.810. The molecule has 27 heavy (non-hydrogen) atoms. The topological polar surface area (TPSA) is 115 Å². The Morgan fingerprint density at radius 3 is 2.33 bits per heavy atom. The van der Waals surface area contributed by atoms with Crippen LogP contribution in [0.1, 0.15) is 53.9 Å². The second-order valence-electron chi connectivity index (χ2n) is 9.32. The second-order valence-corrected chi connectivity index (χ2v) is 9.32. The van der Waals surface area contributed by atoms with Gasteiger partial charge >= 0.3 is 0 Å². The first-order chi connectivity index (χ1) is 12.4. The summed E-state index contributed by atoms with van der Waals surface area (Å²) in [4.78, 5) is 26.5. The predicted molar refractivity (Wildman–Crippen MR) is 101 cm³/mol. The quantitative estimate of drug-likeness (QED) is 0.427. The minimum Gasteiger partial charge on any atom is -0.515 e. The van der Waals surface area contributed by atoms with E-state index in [2.05, 4.69) is 0 Å². The maximum absolute atomic E-state index is 13.3. The van der Waals surface area contributed by atoms with Gasteiger partial charge in [0, 0.05) is 29.9 Å². The van der Waals surface area contributed by atoms with Crippen LogP contribution in [0.4, 0.5) is 0 Å². The van der Waals surface area contributed by atoms with Crippen molar-refractivity contribution in [2.45, 2.75) is 65.1 Å². The molecule has 6 heteroatoms. The lowest BCUT2D eigenvalue weighted by Gasteiger charge is -2.61. The Kier molecular flexibility index (Phi) is 5.96. The van der Waals surface area contributed by atoms with Crippen LogP contribution in [0.25, 0.3) is 0 Å². The molecule has 0 heterocycles. The summed E-state index contributed by atoms with van der Waals surface area (Å²) in [5.74, 6) is -3.15. The summed E-state index contributed by atoms with van der Waals surface area (Å²) < 4.78 is 0. The van der Waals surface area contributed by atoms with Crippen LogP contribution in [0.15, 0.2) is 12.3 Å². The average molecular weight is 382 g/mol. The molecule has 8 atom stereocenters. The molecule has 2 aliphatic carbocycles. The lowest BCUT2D eigenvalue weighted by Crippen LogP contribution is -2.69. The summed E-state index contributed by atoms with van der Waals surface area (Å²) in [6.07, 6.45) is 2.90. The van der Waals surface area contributed by atoms with Gasteiger partial charge < -0.3 is 20.4 Å². The normalized spacial score (nSPS) is 46.3. The molecule has 0 amide bonds. The summed E-state index contributed by atoms with van der Waals surface area (Å²) in [5, 5.41) is 41.1. The zero-order valence-electron chi connectivity index (χ0n) is 17.0. The molecular formula is C21H34O6. The van der Waals surface area contributed by atoms with E-state index in [1.54, 1.807) is 13.8 Å². The van der Waals surface area contributed by atoms with E-state index in [9.17, 15) is 30.0 Å². The zero-order chi connectivity index (χ0) is 20.8. The third kappa shape index (κ3) is 3.36. The second kappa shape index (κ2) is 7.30. The third-order valence-corrected chi connectivity index (χ3v) is 7.23. The third-order valence-electron chi connectivity index (χ3n) is 7.23. The van der Waals surface area contributed by atoms with Crippen LogP contribution < -0.4 is 0 Å². The Morgan fingerprint density at radius 2 is 1.85 bits per heavy atom. The molecule has 1 unspecified atom stereocenters. The maximum atomic E-state index is 13.3. The van der Waals surface area contributed by atoms with Gasteiger partial charge in [0.15, 0.2) is 11.6 Å². The van der Waals surface area contributed by atoms with Crippen molar-refractivity contribution in [1.82, 2.24) is 0 Å². The van der Waals surface area contributed by atoms with Crippen LogP contribution in [-0.4, -0.2) is 49.8 Å². The highest BCUT2D eigenvalue weighted by Crippen LogP contribution is 2.61. The fourth-order valence-electron chi connectivity index (χ4n) is 6.47. The summed E-state index contributed by atoms with van der Waals surface area (Å²) >= 11 is 0. The van der Waals surface area contributed by atoms with Crippen molar-refractivity contribution in [3.8, 4) is 0 Å². The number of ketones is 2.